The van der Waals surface area contributed by atoms with Crippen molar-refractivity contribution < 1.29 is 0 Å². The molecule has 98 valence electrons. The van der Waals surface area contributed by atoms with E-state index in [0.717, 1.165) is 31.6 Å². The molecule has 0 unspecified atom stereocenters. The van der Waals surface area contributed by atoms with Gasteiger partial charge in [0.15, 0.2) is 0 Å². The SMILES string of the molecule is NCCCN1c2ccccc2CCc2cncnc21. The van der Waals surface area contributed by atoms with Crippen LogP contribution in [0.4, 0.5) is 11.5 Å². The summed E-state index contributed by atoms with van der Waals surface area (Å²) >= 11 is 0. The van der Waals surface area contributed by atoms with E-state index in [1.807, 2.05) is 6.20 Å². The van der Waals surface area contributed by atoms with Crippen LogP contribution in [0.25, 0.3) is 0 Å². The van der Waals surface area contributed by atoms with Gasteiger partial charge in [-0.15, -0.1) is 0 Å². The van der Waals surface area contributed by atoms with Crippen LogP contribution in [0.5, 0.6) is 0 Å². The maximum Gasteiger partial charge on any atom is 0.139 e. The molecule has 0 bridgehead atoms. The molecule has 0 spiro atoms. The molecule has 4 heteroatoms. The highest BCUT2D eigenvalue weighted by Gasteiger charge is 2.20. The zero-order valence-electron chi connectivity index (χ0n) is 10.9. The number of hydrogen-bond acceptors (Lipinski definition) is 4. The lowest BCUT2D eigenvalue weighted by Gasteiger charge is -2.25. The Morgan fingerprint density at radius 1 is 1.16 bits per heavy atom. The number of aromatic nitrogens is 2. The first-order chi connectivity index (χ1) is 9.40. The second kappa shape index (κ2) is 5.36. The first-order valence-electron chi connectivity index (χ1n) is 6.74. The van der Waals surface area contributed by atoms with Crippen molar-refractivity contribution in [3.8, 4) is 0 Å². The molecule has 0 fully saturated rings. The van der Waals surface area contributed by atoms with Crippen LogP contribution in [0.3, 0.4) is 0 Å². The van der Waals surface area contributed by atoms with Gasteiger partial charge in [0.25, 0.3) is 0 Å². The van der Waals surface area contributed by atoms with Crippen LogP contribution in [0.1, 0.15) is 17.5 Å². The molecular weight excluding hydrogens is 236 g/mol. The number of para-hydroxylation sites is 1. The summed E-state index contributed by atoms with van der Waals surface area (Å²) in [5.41, 5.74) is 9.51. The number of rotatable bonds is 3. The van der Waals surface area contributed by atoms with Crippen LogP contribution in [-0.4, -0.2) is 23.1 Å². The summed E-state index contributed by atoms with van der Waals surface area (Å²) in [4.78, 5) is 10.9. The van der Waals surface area contributed by atoms with Crippen LogP contribution in [0.2, 0.25) is 0 Å². The third kappa shape index (κ3) is 2.31. The molecule has 2 N–H and O–H groups in total. The molecule has 1 aromatic carbocycles. The normalized spacial score (nSPS) is 13.6. The smallest absolute Gasteiger partial charge is 0.139 e. The molecule has 1 aliphatic rings. The van der Waals surface area contributed by atoms with Crippen molar-refractivity contribution >= 4 is 11.5 Å². The summed E-state index contributed by atoms with van der Waals surface area (Å²) in [6.07, 6.45) is 6.55. The maximum absolute atomic E-state index is 5.67. The summed E-state index contributed by atoms with van der Waals surface area (Å²) in [7, 11) is 0. The van der Waals surface area contributed by atoms with Crippen molar-refractivity contribution in [2.24, 2.45) is 5.73 Å². The van der Waals surface area contributed by atoms with E-state index in [-0.39, 0.29) is 0 Å². The third-order valence-corrected chi connectivity index (χ3v) is 3.55. The molecule has 0 aliphatic carbocycles. The molecule has 1 aromatic heterocycles. The van der Waals surface area contributed by atoms with E-state index in [0.29, 0.717) is 6.54 Å². The zero-order chi connectivity index (χ0) is 13.1. The predicted molar refractivity (Wildman–Crippen MR) is 76.6 cm³/mol. The van der Waals surface area contributed by atoms with E-state index in [1.54, 1.807) is 6.33 Å². The van der Waals surface area contributed by atoms with Crippen molar-refractivity contribution in [1.29, 1.82) is 0 Å². The summed E-state index contributed by atoms with van der Waals surface area (Å²) in [5, 5.41) is 0. The molecule has 0 saturated carbocycles. The van der Waals surface area contributed by atoms with Crippen molar-refractivity contribution in [2.45, 2.75) is 19.3 Å². The molecule has 2 aromatic rings. The average Bonchev–Trinajstić information content (AvgIpc) is 2.62. The Bertz CT molecular complexity index is 520. The first kappa shape index (κ1) is 12.1. The molecular formula is C15H18N4. The van der Waals surface area contributed by atoms with E-state index in [2.05, 4.69) is 39.1 Å². The lowest BCUT2D eigenvalue weighted by Crippen LogP contribution is -2.23. The lowest BCUT2D eigenvalue weighted by atomic mass is 10.1. The molecule has 4 nitrogen and oxygen atoms in total. The van der Waals surface area contributed by atoms with Gasteiger partial charge in [-0.3, -0.25) is 0 Å². The van der Waals surface area contributed by atoms with E-state index < -0.39 is 0 Å². The van der Waals surface area contributed by atoms with Gasteiger partial charge in [-0.1, -0.05) is 18.2 Å². The van der Waals surface area contributed by atoms with Crippen molar-refractivity contribution in [3.63, 3.8) is 0 Å². The summed E-state index contributed by atoms with van der Waals surface area (Å²) in [6, 6.07) is 8.55. The van der Waals surface area contributed by atoms with E-state index in [1.165, 1.54) is 16.8 Å². The Morgan fingerprint density at radius 3 is 2.89 bits per heavy atom. The molecule has 0 atom stereocenters. The second-order valence-electron chi connectivity index (χ2n) is 4.79. The fraction of sp³-hybridized carbons (Fsp3) is 0.333. The number of hydrogen-bond donors (Lipinski definition) is 1. The number of nitrogens with zero attached hydrogens (tertiary/aromatic N) is 3. The second-order valence-corrected chi connectivity index (χ2v) is 4.79. The molecule has 0 amide bonds. The van der Waals surface area contributed by atoms with Gasteiger partial charge in [-0.05, 0) is 37.4 Å². The number of fused-ring (bicyclic) bond motifs is 2. The minimum Gasteiger partial charge on any atom is -0.330 e. The minimum absolute atomic E-state index is 0.694. The summed E-state index contributed by atoms with van der Waals surface area (Å²) in [6.45, 7) is 1.59. The monoisotopic (exact) mass is 254 g/mol. The van der Waals surface area contributed by atoms with Crippen LogP contribution < -0.4 is 10.6 Å². The fourth-order valence-electron chi connectivity index (χ4n) is 2.62. The summed E-state index contributed by atoms with van der Waals surface area (Å²) < 4.78 is 0. The minimum atomic E-state index is 0.694. The lowest BCUT2D eigenvalue weighted by molar-refractivity contribution is 0.806. The molecule has 0 saturated heterocycles. The van der Waals surface area contributed by atoms with Crippen LogP contribution in [0.15, 0.2) is 36.8 Å². The van der Waals surface area contributed by atoms with Gasteiger partial charge in [0, 0.05) is 24.0 Å². The predicted octanol–water partition coefficient (Wildman–Crippen LogP) is 2.06. The van der Waals surface area contributed by atoms with Crippen LogP contribution >= 0.6 is 0 Å². The molecule has 3 rings (SSSR count). The van der Waals surface area contributed by atoms with E-state index in [4.69, 9.17) is 5.73 Å². The summed E-state index contributed by atoms with van der Waals surface area (Å²) in [5.74, 6) is 1.04. The molecule has 19 heavy (non-hydrogen) atoms. The van der Waals surface area contributed by atoms with Crippen LogP contribution in [0, 0.1) is 0 Å². The van der Waals surface area contributed by atoms with Crippen molar-refractivity contribution in [2.75, 3.05) is 18.0 Å². The van der Waals surface area contributed by atoms with Gasteiger partial charge in [0.05, 0.1) is 0 Å². The van der Waals surface area contributed by atoms with Crippen molar-refractivity contribution in [1.82, 2.24) is 9.97 Å². The Labute approximate surface area is 113 Å². The van der Waals surface area contributed by atoms with Gasteiger partial charge in [0.2, 0.25) is 0 Å². The molecule has 2 heterocycles. The number of anilines is 2. The standard InChI is InChI=1S/C15H18N4/c16-8-3-9-19-14-5-2-1-4-12(14)6-7-13-10-17-11-18-15(13)19/h1-2,4-5,10-11H,3,6-9,16H2. The first-order valence-corrected chi connectivity index (χ1v) is 6.74. The number of aryl methyl sites for hydroxylation is 2. The number of nitrogens with two attached hydrogens (primary N) is 1. The molecule has 0 radical (unpaired) electrons. The third-order valence-electron chi connectivity index (χ3n) is 3.55. The quantitative estimate of drug-likeness (QED) is 0.911. The Hall–Kier alpha value is -1.94. The topological polar surface area (TPSA) is 55.0 Å². The number of benzene rings is 1. The maximum atomic E-state index is 5.67. The molecule has 1 aliphatic heterocycles. The largest absolute Gasteiger partial charge is 0.330 e. The highest BCUT2D eigenvalue weighted by molar-refractivity contribution is 5.67. The van der Waals surface area contributed by atoms with E-state index >= 15 is 0 Å². The van der Waals surface area contributed by atoms with Gasteiger partial charge >= 0.3 is 0 Å². The van der Waals surface area contributed by atoms with Crippen LogP contribution in [-0.2, 0) is 12.8 Å². The zero-order valence-corrected chi connectivity index (χ0v) is 10.9. The van der Waals surface area contributed by atoms with Gasteiger partial charge in [-0.25, -0.2) is 9.97 Å². The van der Waals surface area contributed by atoms with Crippen molar-refractivity contribution in [3.05, 3.63) is 47.9 Å². The van der Waals surface area contributed by atoms with Gasteiger partial charge in [0.1, 0.15) is 12.1 Å². The van der Waals surface area contributed by atoms with E-state index in [9.17, 15) is 0 Å². The fourth-order valence-corrected chi connectivity index (χ4v) is 2.62. The average molecular weight is 254 g/mol. The highest BCUT2D eigenvalue weighted by Crippen LogP contribution is 2.33. The Balaban J connectivity index is 2.08. The Morgan fingerprint density at radius 2 is 2.00 bits per heavy atom. The highest BCUT2D eigenvalue weighted by atomic mass is 15.2. The Kier molecular flexibility index (Phi) is 3.42. The van der Waals surface area contributed by atoms with Gasteiger partial charge < -0.3 is 10.6 Å². The van der Waals surface area contributed by atoms with Gasteiger partial charge in [-0.2, -0.15) is 0 Å².